The number of benzene rings is 2. The first kappa shape index (κ1) is 17.1. The molecular formula is C20H25N3O2. The first-order chi connectivity index (χ1) is 12.3. The van der Waals surface area contributed by atoms with E-state index in [4.69, 9.17) is 9.47 Å². The Morgan fingerprint density at radius 2 is 2.04 bits per heavy atom. The molecule has 5 nitrogen and oxygen atoms in total. The van der Waals surface area contributed by atoms with E-state index in [9.17, 15) is 0 Å². The molecule has 0 radical (unpaired) electrons. The predicted octanol–water partition coefficient (Wildman–Crippen LogP) is 3.23. The molecule has 0 fully saturated rings. The number of aliphatic imine (C=N–C) groups is 1. The second kappa shape index (κ2) is 7.92. The van der Waals surface area contributed by atoms with Crippen LogP contribution in [0.2, 0.25) is 0 Å². The Morgan fingerprint density at radius 1 is 1.20 bits per heavy atom. The average Bonchev–Trinajstić information content (AvgIpc) is 3.07. The highest BCUT2D eigenvalue weighted by molar-refractivity contribution is 5.97. The molecule has 0 saturated carbocycles. The largest absolute Gasteiger partial charge is 0.493 e. The van der Waals surface area contributed by atoms with Crippen molar-refractivity contribution >= 4 is 11.6 Å². The van der Waals surface area contributed by atoms with Crippen LogP contribution in [0.3, 0.4) is 0 Å². The van der Waals surface area contributed by atoms with Crippen molar-refractivity contribution in [2.75, 3.05) is 32.2 Å². The number of anilines is 1. The van der Waals surface area contributed by atoms with E-state index >= 15 is 0 Å². The minimum Gasteiger partial charge on any atom is -0.493 e. The fourth-order valence-corrected chi connectivity index (χ4v) is 3.13. The molecule has 0 aliphatic carbocycles. The number of hydrogen-bond acceptors (Lipinski definition) is 3. The number of para-hydroxylation sites is 1. The van der Waals surface area contributed by atoms with Crippen LogP contribution in [0.5, 0.6) is 11.5 Å². The summed E-state index contributed by atoms with van der Waals surface area (Å²) in [7, 11) is 3.48. The van der Waals surface area contributed by atoms with E-state index < -0.39 is 0 Å². The van der Waals surface area contributed by atoms with Gasteiger partial charge < -0.3 is 19.7 Å². The van der Waals surface area contributed by atoms with Gasteiger partial charge >= 0.3 is 0 Å². The van der Waals surface area contributed by atoms with Crippen LogP contribution in [0.1, 0.15) is 18.1 Å². The van der Waals surface area contributed by atoms with Gasteiger partial charge in [0.2, 0.25) is 0 Å². The summed E-state index contributed by atoms with van der Waals surface area (Å²) in [5.74, 6) is 2.41. The molecule has 0 aromatic heterocycles. The van der Waals surface area contributed by atoms with Crippen molar-refractivity contribution in [1.82, 2.24) is 5.32 Å². The highest BCUT2D eigenvalue weighted by Gasteiger charge is 2.22. The second-order valence-corrected chi connectivity index (χ2v) is 5.85. The van der Waals surface area contributed by atoms with Gasteiger partial charge in [0.1, 0.15) is 0 Å². The Balaban J connectivity index is 1.70. The van der Waals surface area contributed by atoms with E-state index in [1.807, 2.05) is 32.2 Å². The number of hydrogen-bond donors (Lipinski definition) is 1. The van der Waals surface area contributed by atoms with Crippen molar-refractivity contribution in [3.05, 3.63) is 53.6 Å². The van der Waals surface area contributed by atoms with Gasteiger partial charge in [0.05, 0.1) is 13.7 Å². The van der Waals surface area contributed by atoms with Crippen molar-refractivity contribution in [3.63, 3.8) is 0 Å². The van der Waals surface area contributed by atoms with Gasteiger partial charge in [-0.2, -0.15) is 0 Å². The van der Waals surface area contributed by atoms with Crippen LogP contribution in [0.25, 0.3) is 0 Å². The van der Waals surface area contributed by atoms with Gasteiger partial charge in [0.15, 0.2) is 17.5 Å². The Kier molecular flexibility index (Phi) is 5.43. The maximum Gasteiger partial charge on any atom is 0.198 e. The molecule has 1 heterocycles. The number of nitrogens with zero attached hydrogens (tertiary/aromatic N) is 2. The summed E-state index contributed by atoms with van der Waals surface area (Å²) in [4.78, 5) is 6.69. The lowest BCUT2D eigenvalue weighted by Gasteiger charge is -2.22. The summed E-state index contributed by atoms with van der Waals surface area (Å²) in [5.41, 5.74) is 3.72. The summed E-state index contributed by atoms with van der Waals surface area (Å²) in [5, 5.41) is 3.45. The van der Waals surface area contributed by atoms with E-state index in [0.717, 1.165) is 36.0 Å². The van der Waals surface area contributed by atoms with Crippen molar-refractivity contribution in [2.24, 2.45) is 4.99 Å². The summed E-state index contributed by atoms with van der Waals surface area (Å²) in [6.07, 6.45) is 1.05. The monoisotopic (exact) mass is 339 g/mol. The number of rotatable bonds is 5. The standard InChI is InChI=1S/C20H25N3O2/c1-4-25-18-10-9-15(13-19(18)24-3)14-22-20(21-2)23-12-11-16-7-5-6-8-17(16)23/h5-10,13H,4,11-12,14H2,1-3H3,(H,21,22). The lowest BCUT2D eigenvalue weighted by molar-refractivity contribution is 0.310. The molecule has 2 aromatic rings. The van der Waals surface area contributed by atoms with Crippen LogP contribution in [0.15, 0.2) is 47.5 Å². The van der Waals surface area contributed by atoms with Crippen LogP contribution in [-0.2, 0) is 13.0 Å². The summed E-state index contributed by atoms with van der Waals surface area (Å²) in [6.45, 7) is 4.21. The summed E-state index contributed by atoms with van der Waals surface area (Å²) < 4.78 is 11.0. The van der Waals surface area contributed by atoms with Crippen molar-refractivity contribution in [1.29, 1.82) is 0 Å². The van der Waals surface area contributed by atoms with Crippen LogP contribution >= 0.6 is 0 Å². The van der Waals surface area contributed by atoms with Crippen molar-refractivity contribution in [3.8, 4) is 11.5 Å². The molecule has 5 heteroatoms. The molecule has 132 valence electrons. The zero-order valence-electron chi connectivity index (χ0n) is 15.1. The molecule has 0 unspecified atom stereocenters. The van der Waals surface area contributed by atoms with Gasteiger partial charge in [-0.1, -0.05) is 24.3 Å². The first-order valence-corrected chi connectivity index (χ1v) is 8.62. The fraction of sp³-hybridized carbons (Fsp3) is 0.350. The van der Waals surface area contributed by atoms with E-state index in [1.54, 1.807) is 7.11 Å². The number of fused-ring (bicyclic) bond motifs is 1. The minimum atomic E-state index is 0.620. The molecule has 1 N–H and O–H groups in total. The molecule has 0 spiro atoms. The van der Waals surface area contributed by atoms with E-state index in [-0.39, 0.29) is 0 Å². The average molecular weight is 339 g/mol. The van der Waals surface area contributed by atoms with Gasteiger partial charge in [-0.15, -0.1) is 0 Å². The molecule has 0 amide bonds. The zero-order valence-corrected chi connectivity index (χ0v) is 15.1. The second-order valence-electron chi connectivity index (χ2n) is 5.85. The van der Waals surface area contributed by atoms with Crippen LogP contribution in [0.4, 0.5) is 5.69 Å². The Hall–Kier alpha value is -2.69. The number of methoxy groups -OCH3 is 1. The summed E-state index contributed by atoms with van der Waals surface area (Å²) in [6, 6.07) is 14.5. The molecule has 0 bridgehead atoms. The highest BCUT2D eigenvalue weighted by atomic mass is 16.5. The van der Waals surface area contributed by atoms with Gasteiger partial charge in [-0.05, 0) is 42.7 Å². The summed E-state index contributed by atoms with van der Waals surface area (Å²) >= 11 is 0. The number of guanidine groups is 1. The number of ether oxygens (including phenoxy) is 2. The molecule has 2 aromatic carbocycles. The quantitative estimate of drug-likeness (QED) is 0.671. The molecule has 0 saturated heterocycles. The Bertz CT molecular complexity index is 758. The maximum atomic E-state index is 5.57. The molecular weight excluding hydrogens is 314 g/mol. The molecule has 0 atom stereocenters. The van der Waals surface area contributed by atoms with E-state index in [1.165, 1.54) is 11.3 Å². The number of nitrogens with one attached hydrogen (secondary N) is 1. The molecule has 1 aliphatic rings. The van der Waals surface area contributed by atoms with Gasteiger partial charge in [0.25, 0.3) is 0 Å². The van der Waals surface area contributed by atoms with E-state index in [2.05, 4.69) is 39.5 Å². The van der Waals surface area contributed by atoms with Crippen LogP contribution < -0.4 is 19.7 Å². The third-order valence-electron chi connectivity index (χ3n) is 4.33. The van der Waals surface area contributed by atoms with Gasteiger partial charge in [-0.25, -0.2) is 0 Å². The lowest BCUT2D eigenvalue weighted by atomic mass is 10.2. The normalized spacial score (nSPS) is 13.6. The Labute approximate surface area is 149 Å². The molecule has 1 aliphatic heterocycles. The zero-order chi connectivity index (χ0) is 17.6. The predicted molar refractivity (Wildman–Crippen MR) is 102 cm³/mol. The van der Waals surface area contributed by atoms with Crippen LogP contribution in [-0.4, -0.2) is 33.3 Å². The minimum absolute atomic E-state index is 0.620. The topological polar surface area (TPSA) is 46.1 Å². The SMILES string of the molecule is CCOc1ccc(CNC(=NC)N2CCc3ccccc32)cc1OC. The third kappa shape index (κ3) is 3.71. The van der Waals surface area contributed by atoms with E-state index in [0.29, 0.717) is 13.2 Å². The highest BCUT2D eigenvalue weighted by Crippen LogP contribution is 2.29. The third-order valence-corrected chi connectivity index (χ3v) is 4.33. The van der Waals surface area contributed by atoms with Crippen molar-refractivity contribution < 1.29 is 9.47 Å². The van der Waals surface area contributed by atoms with Crippen LogP contribution in [0, 0.1) is 0 Å². The van der Waals surface area contributed by atoms with Gasteiger partial charge in [0, 0.05) is 25.8 Å². The smallest absolute Gasteiger partial charge is 0.198 e. The molecule has 3 rings (SSSR count). The Morgan fingerprint density at radius 3 is 2.80 bits per heavy atom. The molecule has 25 heavy (non-hydrogen) atoms. The first-order valence-electron chi connectivity index (χ1n) is 8.62. The maximum absolute atomic E-state index is 5.57. The fourth-order valence-electron chi connectivity index (χ4n) is 3.13. The van der Waals surface area contributed by atoms with Crippen molar-refractivity contribution in [2.45, 2.75) is 19.9 Å². The van der Waals surface area contributed by atoms with Gasteiger partial charge in [-0.3, -0.25) is 4.99 Å². The lowest BCUT2D eigenvalue weighted by Crippen LogP contribution is -2.40.